The maximum Gasteiger partial charge on any atom is 0.252 e. The Labute approximate surface area is 90.4 Å². The number of rotatable bonds is 5. The van der Waals surface area contributed by atoms with E-state index in [4.69, 9.17) is 10.5 Å². The van der Waals surface area contributed by atoms with Gasteiger partial charge in [0.25, 0.3) is 5.91 Å². The third-order valence-corrected chi connectivity index (χ3v) is 2.32. The topological polar surface area (TPSA) is 81.4 Å². The van der Waals surface area contributed by atoms with Crippen LogP contribution in [0.5, 0.6) is 0 Å². The van der Waals surface area contributed by atoms with Crippen molar-refractivity contribution in [2.24, 2.45) is 11.7 Å². The maximum atomic E-state index is 11.7. The van der Waals surface area contributed by atoms with E-state index in [-0.39, 0.29) is 11.8 Å². The molecule has 5 heteroatoms. The highest BCUT2D eigenvalue weighted by Crippen LogP contribution is 2.09. The lowest BCUT2D eigenvalue weighted by atomic mass is 10.0. The van der Waals surface area contributed by atoms with E-state index in [0.717, 1.165) is 0 Å². The normalized spacial score (nSPS) is 13.7. The molecule has 0 rings (SSSR count). The average molecular weight is 216 g/mol. The number of hydrogen-bond acceptors (Lipinski definition) is 3. The molecule has 0 aromatic carbocycles. The highest BCUT2D eigenvalue weighted by Gasteiger charge is 2.31. The van der Waals surface area contributed by atoms with Gasteiger partial charge in [0.1, 0.15) is 11.6 Å². The van der Waals surface area contributed by atoms with Crippen molar-refractivity contribution in [1.82, 2.24) is 5.32 Å². The van der Waals surface area contributed by atoms with Crippen LogP contribution in [0.15, 0.2) is 0 Å². The van der Waals surface area contributed by atoms with Crippen molar-refractivity contribution in [2.45, 2.75) is 39.3 Å². The van der Waals surface area contributed by atoms with E-state index in [0.29, 0.717) is 0 Å². The van der Waals surface area contributed by atoms with Crippen molar-refractivity contribution >= 4 is 11.8 Å². The van der Waals surface area contributed by atoms with Gasteiger partial charge in [-0.1, -0.05) is 13.8 Å². The number of methoxy groups -OCH3 is 1. The largest absolute Gasteiger partial charge is 0.369 e. The van der Waals surface area contributed by atoms with Crippen molar-refractivity contribution in [3.63, 3.8) is 0 Å². The lowest BCUT2D eigenvalue weighted by Crippen LogP contribution is -2.54. The van der Waals surface area contributed by atoms with Gasteiger partial charge in [-0.25, -0.2) is 0 Å². The highest BCUT2D eigenvalue weighted by molar-refractivity contribution is 5.90. The molecule has 0 saturated heterocycles. The zero-order chi connectivity index (χ0) is 12.2. The first-order chi connectivity index (χ1) is 6.72. The molecule has 2 amide bonds. The summed E-state index contributed by atoms with van der Waals surface area (Å²) < 4.78 is 5.00. The molecule has 5 nitrogen and oxygen atoms in total. The fraction of sp³-hybridized carbons (Fsp3) is 0.800. The number of hydrogen-bond donors (Lipinski definition) is 2. The van der Waals surface area contributed by atoms with Crippen LogP contribution in [-0.4, -0.2) is 30.6 Å². The monoisotopic (exact) mass is 216 g/mol. The summed E-state index contributed by atoms with van der Waals surface area (Å²) >= 11 is 0. The van der Waals surface area contributed by atoms with Gasteiger partial charge in [-0.2, -0.15) is 0 Å². The zero-order valence-electron chi connectivity index (χ0n) is 9.96. The first kappa shape index (κ1) is 13.9. The van der Waals surface area contributed by atoms with Crippen LogP contribution in [0.1, 0.15) is 27.7 Å². The summed E-state index contributed by atoms with van der Waals surface area (Å²) in [4.78, 5) is 22.7. The number of ether oxygens (including phenoxy) is 1. The zero-order valence-corrected chi connectivity index (χ0v) is 9.96. The Bertz CT molecular complexity index is 249. The van der Waals surface area contributed by atoms with Crippen LogP contribution < -0.4 is 11.1 Å². The van der Waals surface area contributed by atoms with Crippen molar-refractivity contribution in [3.05, 3.63) is 0 Å². The van der Waals surface area contributed by atoms with Gasteiger partial charge in [-0.15, -0.1) is 0 Å². The molecule has 0 bridgehead atoms. The predicted octanol–water partition coefficient (Wildman–Crippen LogP) is 0.0375. The predicted molar refractivity (Wildman–Crippen MR) is 57.1 cm³/mol. The second-order valence-electron chi connectivity index (χ2n) is 4.31. The smallest absolute Gasteiger partial charge is 0.252 e. The molecule has 0 aromatic heterocycles. The van der Waals surface area contributed by atoms with E-state index in [2.05, 4.69) is 5.32 Å². The molecule has 0 aromatic rings. The molecule has 0 aliphatic rings. The Morgan fingerprint density at radius 1 is 1.33 bits per heavy atom. The molecule has 0 saturated carbocycles. The Morgan fingerprint density at radius 2 is 1.80 bits per heavy atom. The lowest BCUT2D eigenvalue weighted by molar-refractivity contribution is -0.142. The molecule has 0 aliphatic carbocycles. The first-order valence-electron chi connectivity index (χ1n) is 4.87. The number of nitrogens with two attached hydrogens (primary N) is 1. The van der Waals surface area contributed by atoms with E-state index in [1.807, 2.05) is 13.8 Å². The van der Waals surface area contributed by atoms with Gasteiger partial charge in [0.15, 0.2) is 0 Å². The van der Waals surface area contributed by atoms with Gasteiger partial charge in [0.05, 0.1) is 0 Å². The van der Waals surface area contributed by atoms with E-state index >= 15 is 0 Å². The van der Waals surface area contributed by atoms with E-state index in [1.165, 1.54) is 7.11 Å². The van der Waals surface area contributed by atoms with Gasteiger partial charge in [0, 0.05) is 7.11 Å². The average Bonchev–Trinajstić information content (AvgIpc) is 2.12. The molecule has 0 radical (unpaired) electrons. The minimum Gasteiger partial charge on any atom is -0.369 e. The van der Waals surface area contributed by atoms with Gasteiger partial charge >= 0.3 is 0 Å². The van der Waals surface area contributed by atoms with Crippen LogP contribution in [0.3, 0.4) is 0 Å². The Hall–Kier alpha value is -1.10. The Morgan fingerprint density at radius 3 is 2.07 bits per heavy atom. The van der Waals surface area contributed by atoms with Gasteiger partial charge in [-0.05, 0) is 19.8 Å². The number of carbonyl (C=O) groups excluding carboxylic acids is 2. The van der Waals surface area contributed by atoms with Gasteiger partial charge < -0.3 is 15.8 Å². The van der Waals surface area contributed by atoms with Crippen LogP contribution in [-0.2, 0) is 14.3 Å². The number of amides is 2. The van der Waals surface area contributed by atoms with E-state index in [9.17, 15) is 9.59 Å². The van der Waals surface area contributed by atoms with Crippen LogP contribution >= 0.6 is 0 Å². The summed E-state index contributed by atoms with van der Waals surface area (Å²) in [6.07, 6.45) is 0. The quantitative estimate of drug-likeness (QED) is 0.680. The van der Waals surface area contributed by atoms with Crippen LogP contribution in [0.4, 0.5) is 0 Å². The summed E-state index contributed by atoms with van der Waals surface area (Å²) in [6, 6.07) is -0.660. The van der Waals surface area contributed by atoms with Crippen molar-refractivity contribution < 1.29 is 14.3 Å². The minimum atomic E-state index is -0.956. The fourth-order valence-corrected chi connectivity index (χ4v) is 0.974. The van der Waals surface area contributed by atoms with Crippen molar-refractivity contribution in [3.8, 4) is 0 Å². The summed E-state index contributed by atoms with van der Waals surface area (Å²) in [5.41, 5.74) is 4.22. The molecule has 0 fully saturated rings. The maximum absolute atomic E-state index is 11.7. The second kappa shape index (κ2) is 5.11. The van der Waals surface area contributed by atoms with Gasteiger partial charge in [0.2, 0.25) is 5.91 Å². The lowest BCUT2D eigenvalue weighted by Gasteiger charge is -2.26. The third kappa shape index (κ3) is 3.87. The minimum absolute atomic E-state index is 0.0425. The van der Waals surface area contributed by atoms with Crippen molar-refractivity contribution in [1.29, 1.82) is 0 Å². The number of primary amides is 1. The molecular weight excluding hydrogens is 196 g/mol. The number of nitrogens with one attached hydrogen (secondary N) is 1. The molecule has 0 heterocycles. The number of carbonyl (C=O) groups is 2. The van der Waals surface area contributed by atoms with Crippen LogP contribution in [0.2, 0.25) is 0 Å². The Balaban J connectivity index is 4.57. The molecule has 0 aliphatic heterocycles. The summed E-state index contributed by atoms with van der Waals surface area (Å²) in [7, 11) is 1.44. The molecule has 0 spiro atoms. The molecule has 3 N–H and O–H groups in total. The van der Waals surface area contributed by atoms with E-state index < -0.39 is 17.6 Å². The molecule has 15 heavy (non-hydrogen) atoms. The third-order valence-electron chi connectivity index (χ3n) is 2.32. The SMILES string of the molecule is COC(C)(C)C(=O)NC(C(N)=O)C(C)C. The van der Waals surface area contributed by atoms with Crippen LogP contribution in [0.25, 0.3) is 0 Å². The van der Waals surface area contributed by atoms with Crippen LogP contribution in [0, 0.1) is 5.92 Å². The summed E-state index contributed by atoms with van der Waals surface area (Å²) in [5, 5.41) is 2.57. The molecule has 1 unspecified atom stereocenters. The van der Waals surface area contributed by atoms with Crippen molar-refractivity contribution in [2.75, 3.05) is 7.11 Å². The standard InChI is InChI=1S/C10H20N2O3/c1-6(2)7(8(11)13)12-9(14)10(3,4)15-5/h6-7H,1-5H3,(H2,11,13)(H,12,14). The summed E-state index contributed by atoms with van der Waals surface area (Å²) in [5.74, 6) is -0.924. The molecule has 88 valence electrons. The van der Waals surface area contributed by atoms with Gasteiger partial charge in [-0.3, -0.25) is 9.59 Å². The molecular formula is C10H20N2O3. The first-order valence-corrected chi connectivity index (χ1v) is 4.87. The highest BCUT2D eigenvalue weighted by atomic mass is 16.5. The van der Waals surface area contributed by atoms with E-state index in [1.54, 1.807) is 13.8 Å². The Kier molecular flexibility index (Phi) is 4.74. The molecule has 1 atom stereocenters. The second-order valence-corrected chi connectivity index (χ2v) is 4.31. The fourth-order valence-electron chi connectivity index (χ4n) is 0.974. The summed E-state index contributed by atoms with van der Waals surface area (Å²) in [6.45, 7) is 6.88.